The number of benzene rings is 1. The number of rotatable bonds is 4. The highest BCUT2D eigenvalue weighted by Gasteiger charge is 2.06. The Morgan fingerprint density at radius 3 is 2.38 bits per heavy atom. The number of pyridine rings is 1. The Bertz CT molecular complexity index is 705. The second-order valence-corrected chi connectivity index (χ2v) is 4.39. The predicted octanol–water partition coefficient (Wildman–Crippen LogP) is 0.664. The van der Waals surface area contributed by atoms with Crippen molar-refractivity contribution in [3.63, 3.8) is 0 Å². The zero-order chi connectivity index (χ0) is 15.2. The fourth-order valence-electron chi connectivity index (χ4n) is 1.78. The van der Waals surface area contributed by atoms with Crippen molar-refractivity contribution in [2.75, 3.05) is 7.05 Å². The van der Waals surface area contributed by atoms with Gasteiger partial charge in [-0.3, -0.25) is 14.4 Å². The summed E-state index contributed by atoms with van der Waals surface area (Å²) in [6, 6.07) is 11.3. The predicted molar refractivity (Wildman–Crippen MR) is 78.1 cm³/mol. The summed E-state index contributed by atoms with van der Waals surface area (Å²) in [6.45, 7) is 0.309. The van der Waals surface area contributed by atoms with E-state index in [2.05, 4.69) is 15.6 Å². The molecule has 0 spiro atoms. The number of aromatic nitrogens is 1. The molecular weight excluding hydrogens is 270 g/mol. The molecular formula is C15H15N3O3. The van der Waals surface area contributed by atoms with E-state index in [1.807, 2.05) is 0 Å². The van der Waals surface area contributed by atoms with Gasteiger partial charge in [-0.1, -0.05) is 18.2 Å². The van der Waals surface area contributed by atoms with E-state index in [4.69, 9.17) is 0 Å². The van der Waals surface area contributed by atoms with Crippen molar-refractivity contribution in [3.8, 4) is 0 Å². The highest BCUT2D eigenvalue weighted by atomic mass is 16.2. The van der Waals surface area contributed by atoms with E-state index in [-0.39, 0.29) is 23.1 Å². The van der Waals surface area contributed by atoms with Crippen LogP contribution in [-0.2, 0) is 6.54 Å². The minimum absolute atomic E-state index is 0.160. The van der Waals surface area contributed by atoms with Crippen LogP contribution in [0.25, 0.3) is 0 Å². The molecule has 0 bridgehead atoms. The summed E-state index contributed by atoms with van der Waals surface area (Å²) in [5.74, 6) is -0.518. The Balaban J connectivity index is 1.98. The SMILES string of the molecule is CNC(=O)c1ccc(CNC(=O)c2cccc(=O)[nH]2)cc1. The number of aromatic amines is 1. The molecule has 0 aliphatic carbocycles. The lowest BCUT2D eigenvalue weighted by Crippen LogP contribution is -2.25. The first-order valence-electron chi connectivity index (χ1n) is 6.38. The molecule has 0 aliphatic rings. The van der Waals surface area contributed by atoms with Crippen molar-refractivity contribution < 1.29 is 9.59 Å². The van der Waals surface area contributed by atoms with Gasteiger partial charge in [-0.05, 0) is 23.8 Å². The van der Waals surface area contributed by atoms with Gasteiger partial charge in [-0.2, -0.15) is 0 Å². The Morgan fingerprint density at radius 2 is 1.76 bits per heavy atom. The summed E-state index contributed by atoms with van der Waals surface area (Å²) in [4.78, 5) is 36.8. The van der Waals surface area contributed by atoms with Crippen LogP contribution in [0.3, 0.4) is 0 Å². The van der Waals surface area contributed by atoms with Crippen molar-refractivity contribution in [2.24, 2.45) is 0 Å². The van der Waals surface area contributed by atoms with Gasteiger partial charge in [0.25, 0.3) is 11.8 Å². The van der Waals surface area contributed by atoms with Crippen molar-refractivity contribution in [1.29, 1.82) is 0 Å². The molecule has 2 amide bonds. The number of carbonyl (C=O) groups excluding carboxylic acids is 2. The van der Waals surface area contributed by atoms with E-state index < -0.39 is 0 Å². The Kier molecular flexibility index (Phi) is 4.50. The highest BCUT2D eigenvalue weighted by molar-refractivity contribution is 5.94. The van der Waals surface area contributed by atoms with Crippen LogP contribution in [0, 0.1) is 0 Å². The molecule has 1 heterocycles. The van der Waals surface area contributed by atoms with Gasteiger partial charge in [0.2, 0.25) is 5.56 Å². The van der Waals surface area contributed by atoms with Crippen LogP contribution in [0.15, 0.2) is 47.3 Å². The molecule has 0 atom stereocenters. The first kappa shape index (κ1) is 14.5. The fraction of sp³-hybridized carbons (Fsp3) is 0.133. The Hall–Kier alpha value is -2.89. The van der Waals surface area contributed by atoms with Gasteiger partial charge in [0.05, 0.1) is 0 Å². The third kappa shape index (κ3) is 3.79. The van der Waals surface area contributed by atoms with Gasteiger partial charge in [-0.25, -0.2) is 0 Å². The largest absolute Gasteiger partial charge is 0.355 e. The topological polar surface area (TPSA) is 91.1 Å². The minimum atomic E-state index is -0.358. The van der Waals surface area contributed by atoms with Gasteiger partial charge < -0.3 is 15.6 Å². The van der Waals surface area contributed by atoms with Crippen LogP contribution in [0.2, 0.25) is 0 Å². The summed E-state index contributed by atoms with van der Waals surface area (Å²) in [7, 11) is 1.57. The third-order valence-electron chi connectivity index (χ3n) is 2.91. The van der Waals surface area contributed by atoms with Gasteiger partial charge >= 0.3 is 0 Å². The number of hydrogen-bond acceptors (Lipinski definition) is 3. The fourth-order valence-corrected chi connectivity index (χ4v) is 1.78. The summed E-state index contributed by atoms with van der Waals surface area (Å²) >= 11 is 0. The van der Waals surface area contributed by atoms with Crippen LogP contribution in [0.4, 0.5) is 0 Å². The van der Waals surface area contributed by atoms with Crippen LogP contribution in [-0.4, -0.2) is 23.8 Å². The maximum Gasteiger partial charge on any atom is 0.268 e. The molecule has 108 valence electrons. The third-order valence-corrected chi connectivity index (χ3v) is 2.91. The lowest BCUT2D eigenvalue weighted by atomic mass is 10.1. The van der Waals surface area contributed by atoms with E-state index in [1.165, 1.54) is 18.2 Å². The number of amides is 2. The highest BCUT2D eigenvalue weighted by Crippen LogP contribution is 2.04. The molecule has 1 aromatic carbocycles. The average Bonchev–Trinajstić information content (AvgIpc) is 2.52. The summed E-state index contributed by atoms with van der Waals surface area (Å²) in [6.07, 6.45) is 0. The molecule has 0 fully saturated rings. The van der Waals surface area contributed by atoms with Gasteiger partial charge in [-0.15, -0.1) is 0 Å². The normalized spacial score (nSPS) is 9.95. The van der Waals surface area contributed by atoms with E-state index >= 15 is 0 Å². The van der Waals surface area contributed by atoms with E-state index in [0.29, 0.717) is 12.1 Å². The van der Waals surface area contributed by atoms with Crippen molar-refractivity contribution in [3.05, 3.63) is 69.6 Å². The Morgan fingerprint density at radius 1 is 1.05 bits per heavy atom. The minimum Gasteiger partial charge on any atom is -0.355 e. The second-order valence-electron chi connectivity index (χ2n) is 4.39. The molecule has 0 unspecified atom stereocenters. The standard InChI is InChI=1S/C15H15N3O3/c1-16-14(20)11-7-5-10(6-8-11)9-17-15(21)12-3-2-4-13(19)18-12/h2-8H,9H2,1H3,(H,16,20)(H,17,21)(H,18,19). The summed E-state index contributed by atoms with van der Waals surface area (Å²) < 4.78 is 0. The van der Waals surface area contributed by atoms with Crippen LogP contribution < -0.4 is 16.2 Å². The van der Waals surface area contributed by atoms with Crippen LogP contribution >= 0.6 is 0 Å². The quantitative estimate of drug-likeness (QED) is 0.771. The van der Waals surface area contributed by atoms with Gasteiger partial charge in [0.1, 0.15) is 5.69 Å². The molecule has 0 saturated carbocycles. The Labute approximate surface area is 121 Å². The second kappa shape index (κ2) is 6.51. The molecule has 6 nitrogen and oxygen atoms in total. The first-order chi connectivity index (χ1) is 10.1. The molecule has 2 rings (SSSR count). The van der Waals surface area contributed by atoms with E-state index in [0.717, 1.165) is 5.56 Å². The zero-order valence-corrected chi connectivity index (χ0v) is 11.5. The molecule has 3 N–H and O–H groups in total. The van der Waals surface area contributed by atoms with Crippen molar-refractivity contribution >= 4 is 11.8 Å². The average molecular weight is 285 g/mol. The van der Waals surface area contributed by atoms with Crippen LogP contribution in [0.1, 0.15) is 26.4 Å². The van der Waals surface area contributed by atoms with Crippen molar-refractivity contribution in [1.82, 2.24) is 15.6 Å². The molecule has 6 heteroatoms. The number of nitrogens with one attached hydrogen (secondary N) is 3. The number of H-pyrrole nitrogens is 1. The molecule has 1 aromatic heterocycles. The van der Waals surface area contributed by atoms with Crippen molar-refractivity contribution in [2.45, 2.75) is 6.54 Å². The zero-order valence-electron chi connectivity index (χ0n) is 11.5. The molecule has 21 heavy (non-hydrogen) atoms. The maximum absolute atomic E-state index is 11.8. The summed E-state index contributed by atoms with van der Waals surface area (Å²) in [5.41, 5.74) is 1.30. The summed E-state index contributed by atoms with van der Waals surface area (Å²) in [5, 5.41) is 5.23. The van der Waals surface area contributed by atoms with Gasteiger partial charge in [0.15, 0.2) is 0 Å². The maximum atomic E-state index is 11.8. The lowest BCUT2D eigenvalue weighted by molar-refractivity contribution is 0.0941. The smallest absolute Gasteiger partial charge is 0.268 e. The molecule has 2 aromatic rings. The molecule has 0 saturated heterocycles. The molecule has 0 radical (unpaired) electrons. The van der Waals surface area contributed by atoms with E-state index in [9.17, 15) is 14.4 Å². The van der Waals surface area contributed by atoms with E-state index in [1.54, 1.807) is 31.3 Å². The number of carbonyl (C=O) groups is 2. The first-order valence-corrected chi connectivity index (χ1v) is 6.38. The van der Waals surface area contributed by atoms with Gasteiger partial charge in [0, 0.05) is 25.2 Å². The lowest BCUT2D eigenvalue weighted by Gasteiger charge is -2.06. The molecule has 0 aliphatic heterocycles. The van der Waals surface area contributed by atoms with Crippen LogP contribution in [0.5, 0.6) is 0 Å². The monoisotopic (exact) mass is 285 g/mol. The number of hydrogen-bond donors (Lipinski definition) is 3.